The summed E-state index contributed by atoms with van der Waals surface area (Å²) in [4.78, 5) is 2.37. The summed E-state index contributed by atoms with van der Waals surface area (Å²) in [5.41, 5.74) is 8.97. The summed E-state index contributed by atoms with van der Waals surface area (Å²) in [7, 11) is -4.02. The van der Waals surface area contributed by atoms with Gasteiger partial charge in [0.15, 0.2) is 6.23 Å². The SMILES string of the molecule is Cc1ccc(S(=O)(=O)O)cc1.[N-]=[N+]=NC(O)COCCOCCOCCOCCO. The predicted molar refractivity (Wildman–Crippen MR) is 107 cm³/mol. The van der Waals surface area contributed by atoms with Crippen LogP contribution in [0.3, 0.4) is 0 Å². The van der Waals surface area contributed by atoms with E-state index in [0.29, 0.717) is 46.2 Å². The average molecular weight is 451 g/mol. The lowest BCUT2D eigenvalue weighted by atomic mass is 10.2. The minimum Gasteiger partial charge on any atom is -0.394 e. The van der Waals surface area contributed by atoms with E-state index in [0.717, 1.165) is 5.56 Å². The van der Waals surface area contributed by atoms with Gasteiger partial charge in [-0.3, -0.25) is 4.55 Å². The smallest absolute Gasteiger partial charge is 0.294 e. The molecule has 0 bridgehead atoms. The quantitative estimate of drug-likeness (QED) is 0.115. The summed E-state index contributed by atoms with van der Waals surface area (Å²) in [5.74, 6) is 0. The molecule has 0 heterocycles. The van der Waals surface area contributed by atoms with Gasteiger partial charge in [-0.15, -0.1) is 0 Å². The number of nitrogens with zero attached hydrogens (tertiary/aromatic N) is 3. The second kappa shape index (κ2) is 18.0. The fourth-order valence-corrected chi connectivity index (χ4v) is 2.20. The number of hydrogen-bond acceptors (Lipinski definition) is 9. The summed E-state index contributed by atoms with van der Waals surface area (Å²) >= 11 is 0. The zero-order chi connectivity index (χ0) is 22.7. The van der Waals surface area contributed by atoms with Crippen molar-refractivity contribution >= 4 is 10.1 Å². The van der Waals surface area contributed by atoms with Crippen LogP contribution in [-0.4, -0.2) is 88.9 Å². The molecule has 30 heavy (non-hydrogen) atoms. The Hall–Kier alpha value is -1.80. The van der Waals surface area contributed by atoms with E-state index in [4.69, 9.17) is 39.2 Å². The van der Waals surface area contributed by atoms with Gasteiger partial charge in [-0.2, -0.15) is 8.42 Å². The second-order valence-electron chi connectivity index (χ2n) is 5.61. The molecule has 1 atom stereocenters. The van der Waals surface area contributed by atoms with E-state index in [2.05, 4.69) is 10.0 Å². The summed E-state index contributed by atoms with van der Waals surface area (Å²) in [6.45, 7) is 4.58. The molecule has 0 aliphatic heterocycles. The number of ether oxygens (including phenoxy) is 4. The van der Waals surface area contributed by atoms with Gasteiger partial charge >= 0.3 is 0 Å². The third kappa shape index (κ3) is 17.1. The number of azide groups is 1. The highest BCUT2D eigenvalue weighted by Crippen LogP contribution is 2.08. The minimum absolute atomic E-state index is 0.0114. The van der Waals surface area contributed by atoms with Crippen LogP contribution in [-0.2, 0) is 29.1 Å². The molecule has 0 saturated carbocycles. The highest BCUT2D eigenvalue weighted by atomic mass is 32.2. The van der Waals surface area contributed by atoms with Crippen LogP contribution in [0.5, 0.6) is 0 Å². The van der Waals surface area contributed by atoms with Crippen molar-refractivity contribution in [3.63, 3.8) is 0 Å². The van der Waals surface area contributed by atoms with Crippen LogP contribution in [0.15, 0.2) is 34.3 Å². The first-order valence-corrected chi connectivity index (χ1v) is 10.4. The standard InChI is InChI=1S/C10H21N3O6.C7H8O3S/c11-13-12-10(15)9-19-8-7-18-6-5-17-4-3-16-2-1-14;1-6-2-4-7(5-3-6)11(8,9)10/h10,14-15H,1-9H2;2-5H,1H3,(H,8,9,10). The largest absolute Gasteiger partial charge is 0.394 e. The molecule has 172 valence electrons. The molecule has 1 rings (SSSR count). The molecule has 0 fully saturated rings. The van der Waals surface area contributed by atoms with Gasteiger partial charge in [0, 0.05) is 4.91 Å². The molecule has 0 aliphatic rings. The lowest BCUT2D eigenvalue weighted by molar-refractivity contribution is -0.0174. The third-order valence-electron chi connectivity index (χ3n) is 3.12. The molecular weight excluding hydrogens is 422 g/mol. The second-order valence-corrected chi connectivity index (χ2v) is 7.03. The number of hydrogen-bond donors (Lipinski definition) is 3. The Morgan fingerprint density at radius 1 is 0.967 bits per heavy atom. The van der Waals surface area contributed by atoms with E-state index in [1.54, 1.807) is 12.1 Å². The lowest BCUT2D eigenvalue weighted by Crippen LogP contribution is -2.16. The molecule has 0 amide bonds. The van der Waals surface area contributed by atoms with Gasteiger partial charge in [0.05, 0.1) is 64.4 Å². The summed E-state index contributed by atoms with van der Waals surface area (Å²) in [6.07, 6.45) is -1.16. The first kappa shape index (κ1) is 28.2. The monoisotopic (exact) mass is 451 g/mol. The Kier molecular flexibility index (Phi) is 16.9. The minimum atomic E-state index is -4.02. The van der Waals surface area contributed by atoms with Crippen LogP contribution < -0.4 is 0 Å². The zero-order valence-electron chi connectivity index (χ0n) is 16.8. The lowest BCUT2D eigenvalue weighted by Gasteiger charge is -2.07. The number of rotatable bonds is 15. The molecule has 0 saturated heterocycles. The van der Waals surface area contributed by atoms with Crippen LogP contribution >= 0.6 is 0 Å². The first-order chi connectivity index (χ1) is 14.3. The Bertz CT molecular complexity index is 695. The van der Waals surface area contributed by atoms with Crippen LogP contribution in [0.2, 0.25) is 0 Å². The Balaban J connectivity index is 0.000000642. The van der Waals surface area contributed by atoms with Gasteiger partial charge in [-0.1, -0.05) is 22.8 Å². The van der Waals surface area contributed by atoms with Gasteiger partial charge in [0.1, 0.15) is 0 Å². The van der Waals surface area contributed by atoms with Crippen molar-refractivity contribution in [1.82, 2.24) is 0 Å². The summed E-state index contributed by atoms with van der Waals surface area (Å²) < 4.78 is 49.9. The van der Waals surface area contributed by atoms with Crippen molar-refractivity contribution < 1.29 is 42.1 Å². The molecule has 3 N–H and O–H groups in total. The maximum absolute atomic E-state index is 10.5. The molecule has 1 aromatic carbocycles. The van der Waals surface area contributed by atoms with Crippen molar-refractivity contribution in [2.45, 2.75) is 18.0 Å². The highest BCUT2D eigenvalue weighted by Gasteiger charge is 2.06. The van der Waals surface area contributed by atoms with Crippen LogP contribution in [0.1, 0.15) is 5.56 Å². The molecule has 0 spiro atoms. The fourth-order valence-electron chi connectivity index (χ4n) is 1.72. The number of aliphatic hydroxyl groups excluding tert-OH is 2. The van der Waals surface area contributed by atoms with Crippen molar-refractivity contribution in [2.75, 3.05) is 59.5 Å². The average Bonchev–Trinajstić information content (AvgIpc) is 2.69. The highest BCUT2D eigenvalue weighted by molar-refractivity contribution is 7.85. The van der Waals surface area contributed by atoms with E-state index < -0.39 is 16.3 Å². The van der Waals surface area contributed by atoms with Gasteiger partial charge in [-0.25, -0.2) is 0 Å². The molecule has 13 heteroatoms. The van der Waals surface area contributed by atoms with Gasteiger partial charge in [0.25, 0.3) is 10.1 Å². The van der Waals surface area contributed by atoms with Gasteiger partial charge < -0.3 is 29.2 Å². The fraction of sp³-hybridized carbons (Fsp3) is 0.647. The maximum Gasteiger partial charge on any atom is 0.294 e. The Labute approximate surface area is 175 Å². The Morgan fingerprint density at radius 3 is 1.87 bits per heavy atom. The van der Waals surface area contributed by atoms with Crippen molar-refractivity contribution in [1.29, 1.82) is 0 Å². The molecular formula is C17H29N3O9S. The van der Waals surface area contributed by atoms with Crippen molar-refractivity contribution in [2.24, 2.45) is 5.11 Å². The third-order valence-corrected chi connectivity index (χ3v) is 3.99. The molecule has 1 unspecified atom stereocenters. The molecule has 1 aromatic rings. The number of benzene rings is 1. The van der Waals surface area contributed by atoms with E-state index in [-0.39, 0.29) is 18.1 Å². The molecule has 0 aromatic heterocycles. The normalized spacial score (nSPS) is 11.9. The molecule has 0 radical (unpaired) electrons. The first-order valence-electron chi connectivity index (χ1n) is 8.99. The number of aryl methyl sites for hydroxylation is 1. The van der Waals surface area contributed by atoms with E-state index in [1.165, 1.54) is 12.1 Å². The van der Waals surface area contributed by atoms with Crippen molar-refractivity contribution in [3.05, 3.63) is 40.3 Å². The van der Waals surface area contributed by atoms with E-state index >= 15 is 0 Å². The predicted octanol–water partition coefficient (Wildman–Crippen LogP) is 0.916. The van der Waals surface area contributed by atoms with Gasteiger partial charge in [-0.05, 0) is 24.6 Å². The molecule has 12 nitrogen and oxygen atoms in total. The van der Waals surface area contributed by atoms with E-state index in [9.17, 15) is 8.42 Å². The maximum atomic E-state index is 10.5. The summed E-state index contributed by atoms with van der Waals surface area (Å²) in [5, 5.41) is 20.5. The Morgan fingerprint density at radius 2 is 1.43 bits per heavy atom. The zero-order valence-corrected chi connectivity index (χ0v) is 17.6. The van der Waals surface area contributed by atoms with Gasteiger partial charge in [0.2, 0.25) is 0 Å². The van der Waals surface area contributed by atoms with Crippen LogP contribution in [0.25, 0.3) is 10.4 Å². The van der Waals surface area contributed by atoms with Crippen LogP contribution in [0.4, 0.5) is 0 Å². The van der Waals surface area contributed by atoms with E-state index in [1.807, 2.05) is 6.92 Å². The molecule has 0 aliphatic carbocycles. The topological polar surface area (TPSA) is 181 Å². The number of aliphatic hydroxyl groups is 2. The van der Waals surface area contributed by atoms with Crippen LogP contribution in [0, 0.1) is 6.92 Å². The van der Waals surface area contributed by atoms with Crippen molar-refractivity contribution in [3.8, 4) is 0 Å². The summed E-state index contributed by atoms with van der Waals surface area (Å²) in [6, 6.07) is 5.99.